The Balaban J connectivity index is 1.70. The summed E-state index contributed by atoms with van der Waals surface area (Å²) in [5.41, 5.74) is 0. The summed E-state index contributed by atoms with van der Waals surface area (Å²) in [7, 11) is -3.62. The van der Waals surface area contributed by atoms with Crippen LogP contribution in [0.15, 0.2) is 23.1 Å². The Morgan fingerprint density at radius 2 is 2.10 bits per heavy atom. The smallest absolute Gasteiger partial charge is 0.240 e. The molecule has 1 amide bonds. The van der Waals surface area contributed by atoms with E-state index < -0.39 is 10.0 Å². The second-order valence-electron chi connectivity index (χ2n) is 4.67. The van der Waals surface area contributed by atoms with E-state index in [9.17, 15) is 13.2 Å². The Bertz CT molecular complexity index is 643. The van der Waals surface area contributed by atoms with Gasteiger partial charge in [-0.3, -0.25) is 4.79 Å². The number of sulfonamides is 1. The van der Waals surface area contributed by atoms with Crippen LogP contribution in [0.3, 0.4) is 0 Å². The van der Waals surface area contributed by atoms with E-state index in [1.165, 1.54) is 12.1 Å². The average Bonchev–Trinajstić information content (AvgIpc) is 3.04. The highest BCUT2D eigenvalue weighted by atomic mass is 32.2. The highest BCUT2D eigenvalue weighted by Crippen LogP contribution is 2.33. The van der Waals surface area contributed by atoms with Gasteiger partial charge in [0.25, 0.3) is 0 Å². The Morgan fingerprint density at radius 3 is 2.85 bits per heavy atom. The molecule has 1 saturated heterocycles. The number of fused-ring (bicyclic) bond motifs is 1. The summed E-state index contributed by atoms with van der Waals surface area (Å²) in [4.78, 5) is 11.2. The summed E-state index contributed by atoms with van der Waals surface area (Å²) in [6.45, 7) is 0.281. The molecule has 7 nitrogen and oxygen atoms in total. The molecule has 3 rings (SSSR count). The van der Waals surface area contributed by atoms with Gasteiger partial charge >= 0.3 is 0 Å². The van der Waals surface area contributed by atoms with Crippen LogP contribution in [0.25, 0.3) is 0 Å². The van der Waals surface area contributed by atoms with E-state index in [1.807, 2.05) is 0 Å². The van der Waals surface area contributed by atoms with Crippen LogP contribution in [0.4, 0.5) is 0 Å². The van der Waals surface area contributed by atoms with E-state index in [1.54, 1.807) is 6.07 Å². The van der Waals surface area contributed by atoms with Crippen molar-refractivity contribution >= 4 is 15.9 Å². The number of hydrogen-bond acceptors (Lipinski definition) is 5. The second-order valence-corrected chi connectivity index (χ2v) is 6.44. The van der Waals surface area contributed by atoms with Crippen molar-refractivity contribution in [2.75, 3.05) is 13.3 Å². The fourth-order valence-corrected chi connectivity index (χ4v) is 3.26. The fourth-order valence-electron chi connectivity index (χ4n) is 2.17. The van der Waals surface area contributed by atoms with Gasteiger partial charge in [-0.25, -0.2) is 13.1 Å². The monoisotopic (exact) mass is 298 g/mol. The molecule has 1 unspecified atom stereocenters. The van der Waals surface area contributed by atoms with Crippen molar-refractivity contribution in [3.05, 3.63) is 18.2 Å². The Labute approximate surface area is 116 Å². The third-order valence-electron chi connectivity index (χ3n) is 3.26. The Hall–Kier alpha value is -1.80. The molecular formula is C12H14N2O5S. The fraction of sp³-hybridized carbons (Fsp3) is 0.417. The molecule has 0 radical (unpaired) electrons. The lowest BCUT2D eigenvalue weighted by Crippen LogP contribution is -2.38. The number of ether oxygens (including phenoxy) is 2. The molecule has 8 heteroatoms. The first-order chi connectivity index (χ1) is 9.54. The molecule has 2 heterocycles. The molecule has 1 aromatic carbocycles. The molecular weight excluding hydrogens is 284 g/mol. The highest BCUT2D eigenvalue weighted by molar-refractivity contribution is 7.89. The predicted octanol–water partition coefficient (Wildman–Crippen LogP) is -0.0278. The standard InChI is InChI=1S/C12H14N2O5S/c15-12-4-1-8(14-12)6-13-20(16,17)9-2-3-10-11(5-9)19-7-18-10/h2-3,5,8,13H,1,4,6-7H2,(H,14,15). The Kier molecular flexibility index (Phi) is 3.27. The first-order valence-corrected chi connectivity index (χ1v) is 7.71. The largest absolute Gasteiger partial charge is 0.454 e. The summed E-state index contributed by atoms with van der Waals surface area (Å²) in [6.07, 6.45) is 1.08. The van der Waals surface area contributed by atoms with Crippen LogP contribution in [-0.4, -0.2) is 33.7 Å². The van der Waals surface area contributed by atoms with Crippen LogP contribution >= 0.6 is 0 Å². The van der Waals surface area contributed by atoms with Gasteiger partial charge in [0.1, 0.15) is 0 Å². The maximum absolute atomic E-state index is 12.2. The Morgan fingerprint density at radius 1 is 1.30 bits per heavy atom. The number of carbonyl (C=O) groups excluding carboxylic acids is 1. The van der Waals surface area contributed by atoms with Gasteiger partial charge in [-0.1, -0.05) is 0 Å². The van der Waals surface area contributed by atoms with Gasteiger partial charge in [-0.2, -0.15) is 0 Å². The van der Waals surface area contributed by atoms with Crippen molar-refractivity contribution < 1.29 is 22.7 Å². The highest BCUT2D eigenvalue weighted by Gasteiger charge is 2.24. The van der Waals surface area contributed by atoms with E-state index in [0.29, 0.717) is 24.3 Å². The predicted molar refractivity (Wildman–Crippen MR) is 68.9 cm³/mol. The van der Waals surface area contributed by atoms with Crippen molar-refractivity contribution in [2.24, 2.45) is 0 Å². The lowest BCUT2D eigenvalue weighted by molar-refractivity contribution is -0.119. The van der Waals surface area contributed by atoms with Gasteiger partial charge in [0.15, 0.2) is 11.5 Å². The lowest BCUT2D eigenvalue weighted by Gasteiger charge is -2.12. The maximum Gasteiger partial charge on any atom is 0.240 e. The first kappa shape index (κ1) is 13.2. The van der Waals surface area contributed by atoms with Gasteiger partial charge in [-0.15, -0.1) is 0 Å². The van der Waals surface area contributed by atoms with Gasteiger partial charge < -0.3 is 14.8 Å². The van der Waals surface area contributed by atoms with Gasteiger partial charge in [0.05, 0.1) is 4.90 Å². The summed E-state index contributed by atoms with van der Waals surface area (Å²) >= 11 is 0. The van der Waals surface area contributed by atoms with Crippen LogP contribution in [0.5, 0.6) is 11.5 Å². The molecule has 2 N–H and O–H groups in total. The van der Waals surface area contributed by atoms with Crippen molar-refractivity contribution in [2.45, 2.75) is 23.8 Å². The molecule has 0 aliphatic carbocycles. The summed E-state index contributed by atoms with van der Waals surface area (Å²) in [5, 5.41) is 2.71. The lowest BCUT2D eigenvalue weighted by atomic mass is 10.2. The van der Waals surface area contributed by atoms with E-state index >= 15 is 0 Å². The molecule has 1 atom stereocenters. The zero-order valence-electron chi connectivity index (χ0n) is 10.6. The minimum absolute atomic E-state index is 0.0442. The van der Waals surface area contributed by atoms with E-state index in [0.717, 1.165) is 0 Å². The van der Waals surface area contributed by atoms with E-state index in [4.69, 9.17) is 9.47 Å². The van der Waals surface area contributed by atoms with E-state index in [2.05, 4.69) is 10.0 Å². The molecule has 0 spiro atoms. The molecule has 20 heavy (non-hydrogen) atoms. The molecule has 2 aliphatic heterocycles. The summed E-state index contributed by atoms with van der Waals surface area (Å²) in [6, 6.07) is 4.31. The van der Waals surface area contributed by atoms with Crippen LogP contribution < -0.4 is 19.5 Å². The first-order valence-electron chi connectivity index (χ1n) is 6.23. The quantitative estimate of drug-likeness (QED) is 0.814. The van der Waals surface area contributed by atoms with Crippen molar-refractivity contribution in [1.82, 2.24) is 10.0 Å². The number of carbonyl (C=O) groups is 1. The molecule has 0 aromatic heterocycles. The molecule has 108 valence electrons. The molecule has 1 aromatic rings. The summed E-state index contributed by atoms with van der Waals surface area (Å²) in [5.74, 6) is 0.909. The van der Waals surface area contributed by atoms with Crippen LogP contribution in [0.2, 0.25) is 0 Å². The minimum atomic E-state index is -3.62. The second kappa shape index (κ2) is 4.95. The van der Waals surface area contributed by atoms with Gasteiger partial charge in [-0.05, 0) is 18.6 Å². The maximum atomic E-state index is 12.2. The molecule has 1 fully saturated rings. The topological polar surface area (TPSA) is 93.7 Å². The van der Waals surface area contributed by atoms with Crippen LogP contribution in [-0.2, 0) is 14.8 Å². The SMILES string of the molecule is O=C1CCC(CNS(=O)(=O)c2ccc3c(c2)OCO3)N1. The normalized spacial score (nSPS) is 21.0. The molecule has 0 bridgehead atoms. The third-order valence-corrected chi connectivity index (χ3v) is 4.68. The number of hydrogen-bond donors (Lipinski definition) is 2. The third kappa shape index (κ3) is 2.56. The van der Waals surface area contributed by atoms with Crippen LogP contribution in [0.1, 0.15) is 12.8 Å². The van der Waals surface area contributed by atoms with Crippen LogP contribution in [0, 0.1) is 0 Å². The number of amides is 1. The average molecular weight is 298 g/mol. The van der Waals surface area contributed by atoms with Gasteiger partial charge in [0, 0.05) is 25.1 Å². The zero-order valence-corrected chi connectivity index (χ0v) is 11.4. The van der Waals surface area contributed by atoms with Crippen molar-refractivity contribution in [1.29, 1.82) is 0 Å². The van der Waals surface area contributed by atoms with Crippen molar-refractivity contribution in [3.63, 3.8) is 0 Å². The molecule has 0 saturated carbocycles. The van der Waals surface area contributed by atoms with Gasteiger partial charge in [0.2, 0.25) is 22.7 Å². The van der Waals surface area contributed by atoms with Crippen molar-refractivity contribution in [3.8, 4) is 11.5 Å². The number of nitrogens with one attached hydrogen (secondary N) is 2. The number of rotatable bonds is 4. The summed E-state index contributed by atoms with van der Waals surface area (Å²) < 4.78 is 37.1. The molecule has 2 aliphatic rings. The van der Waals surface area contributed by atoms with E-state index in [-0.39, 0.29) is 30.2 Å². The zero-order chi connectivity index (χ0) is 14.2. The number of benzene rings is 1. The minimum Gasteiger partial charge on any atom is -0.454 e.